The number of rotatable bonds is 2. The first-order chi connectivity index (χ1) is 5.54. The van der Waals surface area contributed by atoms with E-state index >= 15 is 0 Å². The molecule has 0 aromatic carbocycles. The number of carbonyl (C=O) groups is 2. The average molecular weight is 178 g/mol. The Balaban J connectivity index is 0. The molecule has 5 nitrogen and oxygen atoms in total. The van der Waals surface area contributed by atoms with Crippen LogP contribution >= 0.6 is 0 Å². The summed E-state index contributed by atoms with van der Waals surface area (Å²) in [7, 11) is 2.81. The molecule has 12 heavy (non-hydrogen) atoms. The van der Waals surface area contributed by atoms with Gasteiger partial charge in [0.1, 0.15) is 0 Å². The molecule has 0 aliphatic rings. The quantitative estimate of drug-likeness (QED) is 0.450. The molecule has 0 aliphatic heterocycles. The molecular formula is C7H14O5. The standard InChI is InChI=1S/C4H8O3.C3H6O2/c1-4(5)7-3-6-2;1-3(4)5-2/h3H2,1-2H3;1-2H3. The van der Waals surface area contributed by atoms with Crippen LogP contribution in [0.25, 0.3) is 0 Å². The summed E-state index contributed by atoms with van der Waals surface area (Å²) in [6.07, 6.45) is 0. The third-order valence-electron chi connectivity index (χ3n) is 0.667. The molecule has 0 saturated carbocycles. The predicted octanol–water partition coefficient (Wildman–Crippen LogP) is 0.333. The number of carbonyl (C=O) groups excluding carboxylic acids is 2. The van der Waals surface area contributed by atoms with Crippen LogP contribution in [0.3, 0.4) is 0 Å². The minimum Gasteiger partial charge on any atom is -0.469 e. The van der Waals surface area contributed by atoms with Gasteiger partial charge in [-0.05, 0) is 0 Å². The van der Waals surface area contributed by atoms with Crippen molar-refractivity contribution in [2.45, 2.75) is 13.8 Å². The molecular weight excluding hydrogens is 164 g/mol. The van der Waals surface area contributed by atoms with E-state index < -0.39 is 0 Å². The zero-order valence-electron chi connectivity index (χ0n) is 7.75. The predicted molar refractivity (Wildman–Crippen MR) is 41.3 cm³/mol. The Bertz CT molecular complexity index is 132. The second-order valence-corrected chi connectivity index (χ2v) is 1.74. The van der Waals surface area contributed by atoms with Gasteiger partial charge in [0.05, 0.1) is 7.11 Å². The van der Waals surface area contributed by atoms with Gasteiger partial charge in [-0.1, -0.05) is 0 Å². The maximum atomic E-state index is 9.90. The van der Waals surface area contributed by atoms with Crippen LogP contribution in [-0.2, 0) is 23.8 Å². The zero-order valence-corrected chi connectivity index (χ0v) is 7.75. The van der Waals surface area contributed by atoms with E-state index in [1.807, 2.05) is 0 Å². The van der Waals surface area contributed by atoms with Gasteiger partial charge in [0.25, 0.3) is 0 Å². The van der Waals surface area contributed by atoms with Gasteiger partial charge in [0, 0.05) is 21.0 Å². The van der Waals surface area contributed by atoms with Gasteiger partial charge < -0.3 is 14.2 Å². The maximum absolute atomic E-state index is 9.90. The highest BCUT2D eigenvalue weighted by Gasteiger charge is 1.85. The first-order valence-corrected chi connectivity index (χ1v) is 3.21. The monoisotopic (exact) mass is 178 g/mol. The van der Waals surface area contributed by atoms with E-state index in [2.05, 4.69) is 14.2 Å². The highest BCUT2D eigenvalue weighted by atomic mass is 16.7. The number of esters is 2. The summed E-state index contributed by atoms with van der Waals surface area (Å²) < 4.78 is 12.9. The van der Waals surface area contributed by atoms with Crippen molar-refractivity contribution in [1.82, 2.24) is 0 Å². The third-order valence-corrected chi connectivity index (χ3v) is 0.667. The number of methoxy groups -OCH3 is 2. The second kappa shape index (κ2) is 9.90. The van der Waals surface area contributed by atoms with Crippen molar-refractivity contribution in [2.75, 3.05) is 21.0 Å². The summed E-state index contributed by atoms with van der Waals surface area (Å²) >= 11 is 0. The van der Waals surface area contributed by atoms with E-state index in [1.54, 1.807) is 0 Å². The van der Waals surface area contributed by atoms with Crippen LogP contribution in [-0.4, -0.2) is 33.0 Å². The van der Waals surface area contributed by atoms with Crippen LogP contribution in [0.1, 0.15) is 13.8 Å². The van der Waals surface area contributed by atoms with Crippen molar-refractivity contribution in [1.29, 1.82) is 0 Å². The van der Waals surface area contributed by atoms with Crippen molar-refractivity contribution in [2.24, 2.45) is 0 Å². The van der Waals surface area contributed by atoms with Gasteiger partial charge >= 0.3 is 11.9 Å². The lowest BCUT2D eigenvalue weighted by atomic mass is 10.8. The molecule has 0 fully saturated rings. The average Bonchev–Trinajstić information content (AvgIpc) is 2.02. The van der Waals surface area contributed by atoms with Crippen molar-refractivity contribution in [3.63, 3.8) is 0 Å². The Kier molecular flexibility index (Phi) is 11.1. The molecule has 0 aromatic heterocycles. The van der Waals surface area contributed by atoms with E-state index in [-0.39, 0.29) is 18.7 Å². The third kappa shape index (κ3) is 23.1. The summed E-state index contributed by atoms with van der Waals surface area (Å²) in [6.45, 7) is 2.74. The van der Waals surface area contributed by atoms with Crippen molar-refractivity contribution >= 4 is 11.9 Å². The van der Waals surface area contributed by atoms with Gasteiger partial charge in [-0.15, -0.1) is 0 Å². The van der Waals surface area contributed by atoms with E-state index in [1.165, 1.54) is 28.1 Å². The largest absolute Gasteiger partial charge is 0.469 e. The lowest BCUT2D eigenvalue weighted by molar-refractivity contribution is -0.151. The maximum Gasteiger partial charge on any atom is 0.304 e. The Morgan fingerprint density at radius 1 is 1.08 bits per heavy atom. The van der Waals surface area contributed by atoms with E-state index in [0.717, 1.165) is 0 Å². The Hall–Kier alpha value is -1.10. The normalized spacial score (nSPS) is 7.67. The lowest BCUT2D eigenvalue weighted by Crippen LogP contribution is -2.00. The van der Waals surface area contributed by atoms with Gasteiger partial charge in [-0.3, -0.25) is 9.59 Å². The summed E-state index contributed by atoms with van der Waals surface area (Å²) in [5, 5.41) is 0. The molecule has 0 aliphatic carbocycles. The van der Waals surface area contributed by atoms with Gasteiger partial charge in [-0.25, -0.2) is 0 Å². The van der Waals surface area contributed by atoms with Crippen LogP contribution in [0, 0.1) is 0 Å². The number of hydrogen-bond acceptors (Lipinski definition) is 5. The molecule has 5 heteroatoms. The molecule has 0 heterocycles. The SMILES string of the molecule is COC(C)=O.COCOC(C)=O. The van der Waals surface area contributed by atoms with E-state index in [9.17, 15) is 9.59 Å². The summed E-state index contributed by atoms with van der Waals surface area (Å²) in [4.78, 5) is 19.5. The van der Waals surface area contributed by atoms with Crippen LogP contribution in [0.5, 0.6) is 0 Å². The molecule has 0 amide bonds. The smallest absolute Gasteiger partial charge is 0.304 e. The first-order valence-electron chi connectivity index (χ1n) is 3.21. The van der Waals surface area contributed by atoms with Crippen molar-refractivity contribution < 1.29 is 23.8 Å². The molecule has 0 bridgehead atoms. The highest BCUT2D eigenvalue weighted by molar-refractivity contribution is 5.65. The number of hydrogen-bond donors (Lipinski definition) is 0. The Labute approximate surface area is 71.6 Å². The molecule has 72 valence electrons. The first kappa shape index (κ1) is 13.5. The van der Waals surface area contributed by atoms with Crippen molar-refractivity contribution in [3.8, 4) is 0 Å². The Morgan fingerprint density at radius 2 is 1.50 bits per heavy atom. The molecule has 0 radical (unpaired) electrons. The minimum atomic E-state index is -0.318. The van der Waals surface area contributed by atoms with Gasteiger partial charge in [-0.2, -0.15) is 0 Å². The topological polar surface area (TPSA) is 61.8 Å². The fraction of sp³-hybridized carbons (Fsp3) is 0.714. The van der Waals surface area contributed by atoms with Crippen LogP contribution in [0.15, 0.2) is 0 Å². The summed E-state index contributed by atoms with van der Waals surface area (Å²) in [6, 6.07) is 0. The molecule has 0 aromatic rings. The van der Waals surface area contributed by atoms with Crippen LogP contribution in [0.2, 0.25) is 0 Å². The number of ether oxygens (including phenoxy) is 3. The molecule has 0 spiro atoms. The van der Waals surface area contributed by atoms with Gasteiger partial charge in [0.15, 0.2) is 6.79 Å². The van der Waals surface area contributed by atoms with Gasteiger partial charge in [0.2, 0.25) is 0 Å². The van der Waals surface area contributed by atoms with E-state index in [0.29, 0.717) is 0 Å². The summed E-state index contributed by atoms with van der Waals surface area (Å²) in [5.41, 5.74) is 0. The fourth-order valence-electron chi connectivity index (χ4n) is 0.142. The minimum absolute atomic E-state index is 0.0509. The van der Waals surface area contributed by atoms with Crippen LogP contribution in [0.4, 0.5) is 0 Å². The second-order valence-electron chi connectivity index (χ2n) is 1.74. The molecule has 0 atom stereocenters. The van der Waals surface area contributed by atoms with Crippen LogP contribution < -0.4 is 0 Å². The van der Waals surface area contributed by atoms with Crippen molar-refractivity contribution in [3.05, 3.63) is 0 Å². The lowest BCUT2D eigenvalue weighted by Gasteiger charge is -1.95. The molecule has 0 N–H and O–H groups in total. The molecule has 0 unspecified atom stereocenters. The fourth-order valence-corrected chi connectivity index (χ4v) is 0.142. The highest BCUT2D eigenvalue weighted by Crippen LogP contribution is 1.72. The van der Waals surface area contributed by atoms with E-state index in [4.69, 9.17) is 0 Å². The molecule has 0 saturated heterocycles. The zero-order chi connectivity index (χ0) is 9.98. The Morgan fingerprint density at radius 3 is 1.58 bits per heavy atom. The molecule has 0 rings (SSSR count). The summed E-state index contributed by atoms with van der Waals surface area (Å²) in [5.74, 6) is -0.563.